The van der Waals surface area contributed by atoms with Crippen LogP contribution in [0.2, 0.25) is 0 Å². The molecular weight excluding hydrogens is 640 g/mol. The van der Waals surface area contributed by atoms with E-state index in [0.717, 1.165) is 59.6 Å². The van der Waals surface area contributed by atoms with E-state index in [1.165, 1.54) is 0 Å². The van der Waals surface area contributed by atoms with E-state index in [9.17, 15) is 0 Å². The molecule has 12 nitrogen and oxygen atoms in total. The topological polar surface area (TPSA) is 285 Å². The Hall–Kier alpha value is -1.93. The summed E-state index contributed by atoms with van der Waals surface area (Å²) in [4.78, 5) is 12.4. The Balaban J connectivity index is -0.0000000847. The molecule has 0 bridgehead atoms. The van der Waals surface area contributed by atoms with Crippen LogP contribution in [0.1, 0.15) is 0 Å². The SMILES string of the molecule is N#[C][Fe-3]([C]#N)([C]#N)([C]#N)([C]#N)[C]#N.N#[C][Fe-3]([C]#N)([C]#N)([C]#N)([C]#N)[C]#N.[Co+2].[Co+2].[Co+2].[KH]. The van der Waals surface area contributed by atoms with Crippen molar-refractivity contribution in [2.24, 2.45) is 0 Å². The average molecular weight is 641 g/mol. The summed E-state index contributed by atoms with van der Waals surface area (Å²) in [6.07, 6.45) is 0. The third-order valence-corrected chi connectivity index (χ3v) is 9.78. The molecule has 0 aromatic carbocycles. The summed E-state index contributed by atoms with van der Waals surface area (Å²) < 4.78 is 0. The summed E-state index contributed by atoms with van der Waals surface area (Å²) in [5, 5.41) is 103. The summed E-state index contributed by atoms with van der Waals surface area (Å²) in [6, 6.07) is 0. The van der Waals surface area contributed by atoms with Gasteiger partial charge in [0.05, 0.1) is 0 Å². The number of hydrogen-bond donors (Lipinski definition) is 0. The van der Waals surface area contributed by atoms with Crippen molar-refractivity contribution >= 4 is 51.4 Å². The van der Waals surface area contributed by atoms with Gasteiger partial charge in [-0.3, -0.25) is 0 Å². The average Bonchev–Trinajstić information content (AvgIpc) is 2.77. The Labute approximate surface area is 242 Å². The van der Waals surface area contributed by atoms with Crippen LogP contribution in [-0.4, -0.2) is 51.4 Å². The second-order valence-corrected chi connectivity index (χ2v) is 14.8. The fourth-order valence-electron chi connectivity index (χ4n) is 0.530. The number of hydrogen-bond acceptors (Lipinski definition) is 12. The Morgan fingerprint density at radius 3 is 0.333 bits per heavy atom. The summed E-state index contributed by atoms with van der Waals surface area (Å²) in [6.45, 7) is 0. The van der Waals surface area contributed by atoms with E-state index in [2.05, 4.69) is 0 Å². The molecule has 0 rings (SSSR count). The quantitative estimate of drug-likeness (QED) is 0.304. The third-order valence-electron chi connectivity index (χ3n) is 2.37. The van der Waals surface area contributed by atoms with E-state index in [4.69, 9.17) is 63.1 Å². The zero-order chi connectivity index (χ0) is 21.3. The summed E-state index contributed by atoms with van der Waals surface area (Å²) >= 11 is 0. The van der Waals surface area contributed by atoms with Gasteiger partial charge in [-0.25, -0.2) is 0 Å². The molecule has 0 aliphatic rings. The first-order valence-corrected chi connectivity index (χ1v) is 11.4. The number of rotatable bonds is 0. The number of nitrogens with zero attached hydrogens (tertiary/aromatic N) is 12. The first-order valence-electron chi connectivity index (χ1n) is 4.80. The van der Waals surface area contributed by atoms with Gasteiger partial charge in [0.2, 0.25) is 0 Å². The van der Waals surface area contributed by atoms with Gasteiger partial charge in [-0.05, 0) is 0 Å². The molecule has 0 saturated carbocycles. The van der Waals surface area contributed by atoms with Crippen molar-refractivity contribution in [3.63, 3.8) is 0 Å². The van der Waals surface area contributed by atoms with Crippen molar-refractivity contribution in [3.05, 3.63) is 0 Å². The van der Waals surface area contributed by atoms with E-state index < -0.39 is 21.5 Å². The molecular formula is C12HCo3Fe2KN12. The van der Waals surface area contributed by atoms with Gasteiger partial charge in [0.15, 0.2) is 0 Å². The Morgan fingerprint density at radius 1 is 0.267 bits per heavy atom. The maximum absolute atomic E-state index is 8.58. The molecule has 0 fully saturated rings. The van der Waals surface area contributed by atoms with Gasteiger partial charge in [0.25, 0.3) is 0 Å². The predicted molar refractivity (Wildman–Crippen MR) is 74.5 cm³/mol. The molecule has 0 unspecified atom stereocenters. The zero-order valence-electron chi connectivity index (χ0n) is 13.1. The van der Waals surface area contributed by atoms with Gasteiger partial charge >= 0.3 is 246 Å². The van der Waals surface area contributed by atoms with Gasteiger partial charge in [-0.1, -0.05) is 0 Å². The summed E-state index contributed by atoms with van der Waals surface area (Å²) in [5.41, 5.74) is 0. The number of nitriles is 12. The maximum atomic E-state index is 8.58. The van der Waals surface area contributed by atoms with Crippen LogP contribution in [0.5, 0.6) is 0 Å². The summed E-state index contributed by atoms with van der Waals surface area (Å²) in [5.74, 6) is 0. The first kappa shape index (κ1) is 42.2. The molecule has 0 aromatic heterocycles. The van der Waals surface area contributed by atoms with Crippen molar-refractivity contribution in [2.45, 2.75) is 0 Å². The van der Waals surface area contributed by atoms with Crippen LogP contribution in [0.4, 0.5) is 0 Å². The monoisotopic (exact) mass is 641 g/mol. The van der Waals surface area contributed by atoms with E-state index in [0.29, 0.717) is 0 Å². The standard InChI is InChI=1S/12CN.3Co.2Fe.K.H/c12*1-2;;;;;;;/q;;;;;;;;;;;;3*+2;2*-3;;. The molecule has 153 valence electrons. The van der Waals surface area contributed by atoms with Crippen molar-refractivity contribution in [3.8, 4) is 59.6 Å². The second kappa shape index (κ2) is 11.5. The van der Waals surface area contributed by atoms with Crippen LogP contribution < -0.4 is 0 Å². The van der Waals surface area contributed by atoms with Crippen molar-refractivity contribution < 1.29 is 71.8 Å². The Bertz CT molecular complexity index is 896. The Morgan fingerprint density at radius 2 is 0.333 bits per heavy atom. The molecule has 0 aromatic rings. The van der Waals surface area contributed by atoms with Crippen molar-refractivity contribution in [1.29, 1.82) is 63.1 Å². The van der Waals surface area contributed by atoms with Crippen LogP contribution in [0.25, 0.3) is 0 Å². The molecule has 30 heavy (non-hydrogen) atoms. The van der Waals surface area contributed by atoms with E-state index in [1.807, 2.05) is 0 Å². The van der Waals surface area contributed by atoms with Crippen molar-refractivity contribution in [1.82, 2.24) is 0 Å². The van der Waals surface area contributed by atoms with Gasteiger partial charge in [-0.15, -0.1) is 0 Å². The van der Waals surface area contributed by atoms with Gasteiger partial charge < -0.3 is 0 Å². The van der Waals surface area contributed by atoms with E-state index >= 15 is 0 Å². The molecule has 0 aliphatic heterocycles. The Kier molecular flexibility index (Phi) is 16.1. The molecule has 0 heterocycles. The van der Waals surface area contributed by atoms with Crippen LogP contribution in [0.15, 0.2) is 0 Å². The minimum absolute atomic E-state index is 0. The molecule has 0 atom stereocenters. The zero-order valence-corrected chi connectivity index (χ0v) is 18.4. The van der Waals surface area contributed by atoms with Crippen LogP contribution in [0, 0.1) is 123 Å². The predicted octanol–water partition coefficient (Wildman–Crippen LogP) is -0.460. The normalized spacial score (nSPS) is 11.6. The first-order chi connectivity index (χ1) is 11.9. The molecule has 3 radical (unpaired) electrons. The van der Waals surface area contributed by atoms with E-state index in [-0.39, 0.29) is 102 Å². The van der Waals surface area contributed by atoms with Crippen LogP contribution in [-0.2, 0) is 71.8 Å². The van der Waals surface area contributed by atoms with Gasteiger partial charge in [-0.2, -0.15) is 0 Å². The van der Waals surface area contributed by atoms with Crippen LogP contribution in [0.3, 0.4) is 0 Å². The van der Waals surface area contributed by atoms with Gasteiger partial charge in [0.1, 0.15) is 0 Å². The molecule has 18 heteroatoms. The van der Waals surface area contributed by atoms with Crippen LogP contribution >= 0.6 is 0 Å². The molecule has 0 amide bonds. The fraction of sp³-hybridized carbons (Fsp3) is 0. The molecule has 0 spiro atoms. The molecule has 0 N–H and O–H groups in total. The van der Waals surface area contributed by atoms with E-state index in [1.54, 1.807) is 0 Å². The fourth-order valence-corrected chi connectivity index (χ4v) is 2.19. The van der Waals surface area contributed by atoms with Gasteiger partial charge in [0, 0.05) is 0 Å². The molecule has 0 saturated heterocycles. The third kappa shape index (κ3) is 4.86. The van der Waals surface area contributed by atoms with Crippen molar-refractivity contribution in [2.75, 3.05) is 0 Å². The molecule has 0 aliphatic carbocycles. The minimum atomic E-state index is -6.17. The second-order valence-electron chi connectivity index (χ2n) is 3.60. The summed E-state index contributed by atoms with van der Waals surface area (Å²) in [7, 11) is -12.3.